The molecule has 1 atom stereocenters. The first-order chi connectivity index (χ1) is 12.3. The van der Waals surface area contributed by atoms with Gasteiger partial charge >= 0.3 is 0 Å². The summed E-state index contributed by atoms with van der Waals surface area (Å²) >= 11 is 6.02. The number of nitrogens with zero attached hydrogens (tertiary/aromatic N) is 2. The monoisotopic (exact) mass is 373 g/mol. The van der Waals surface area contributed by atoms with Crippen LogP contribution >= 0.6 is 11.6 Å². The van der Waals surface area contributed by atoms with E-state index in [1.165, 1.54) is 6.92 Å². The van der Waals surface area contributed by atoms with Gasteiger partial charge in [0.05, 0.1) is 6.04 Å². The van der Waals surface area contributed by atoms with Gasteiger partial charge in [0.2, 0.25) is 11.9 Å². The third kappa shape index (κ3) is 4.80. The van der Waals surface area contributed by atoms with Gasteiger partial charge in [-0.25, -0.2) is 9.98 Å². The number of benzene rings is 1. The molecular weight excluding hydrogens is 354 g/mol. The number of aromatic amines is 1. The average molecular weight is 374 g/mol. The minimum atomic E-state index is -0.495. The van der Waals surface area contributed by atoms with Crippen LogP contribution in [-0.4, -0.2) is 23.6 Å². The summed E-state index contributed by atoms with van der Waals surface area (Å²) in [6.07, 6.45) is 1.66. The molecule has 3 N–H and O–H groups in total. The van der Waals surface area contributed by atoms with E-state index in [0.29, 0.717) is 21.9 Å². The lowest BCUT2D eigenvalue weighted by atomic mass is 10.1. The number of halogens is 1. The minimum absolute atomic E-state index is 0.185. The van der Waals surface area contributed by atoms with Crippen molar-refractivity contribution in [1.82, 2.24) is 15.6 Å². The van der Waals surface area contributed by atoms with Gasteiger partial charge in [0, 0.05) is 28.4 Å². The van der Waals surface area contributed by atoms with Gasteiger partial charge in [-0.2, -0.15) is 0 Å². The van der Waals surface area contributed by atoms with E-state index in [0.717, 1.165) is 5.39 Å². The van der Waals surface area contributed by atoms with E-state index in [4.69, 9.17) is 11.6 Å². The molecule has 136 valence electrons. The molecule has 0 fully saturated rings. The van der Waals surface area contributed by atoms with E-state index in [-0.39, 0.29) is 17.4 Å². The van der Waals surface area contributed by atoms with E-state index in [9.17, 15) is 9.59 Å². The molecule has 0 spiro atoms. The van der Waals surface area contributed by atoms with Crippen molar-refractivity contribution in [2.24, 2.45) is 9.98 Å². The highest BCUT2D eigenvalue weighted by molar-refractivity contribution is 6.31. The number of carbonyl (C=O) groups is 1. The first-order valence-corrected chi connectivity index (χ1v) is 8.29. The first-order valence-electron chi connectivity index (χ1n) is 7.92. The molecule has 26 heavy (non-hydrogen) atoms. The Bertz CT molecular complexity index is 962. The Morgan fingerprint density at radius 2 is 2.08 bits per heavy atom. The van der Waals surface area contributed by atoms with E-state index in [1.54, 1.807) is 44.2 Å². The van der Waals surface area contributed by atoms with E-state index < -0.39 is 6.04 Å². The van der Waals surface area contributed by atoms with Crippen LogP contribution in [0.1, 0.15) is 32.4 Å². The van der Waals surface area contributed by atoms with Crippen LogP contribution in [0.5, 0.6) is 0 Å². The molecule has 0 unspecified atom stereocenters. The van der Waals surface area contributed by atoms with Crippen molar-refractivity contribution >= 4 is 41.1 Å². The highest BCUT2D eigenvalue weighted by Crippen LogP contribution is 2.21. The van der Waals surface area contributed by atoms with Gasteiger partial charge in [0.1, 0.15) is 5.82 Å². The van der Waals surface area contributed by atoms with Crippen molar-refractivity contribution in [3.05, 3.63) is 57.1 Å². The number of amides is 1. The Hall–Kier alpha value is -2.93. The number of aliphatic imine (C=N–C) groups is 2. The van der Waals surface area contributed by atoms with Crippen LogP contribution in [-0.2, 0) is 4.79 Å². The maximum absolute atomic E-state index is 12.4. The van der Waals surface area contributed by atoms with E-state index >= 15 is 0 Å². The number of guanidine groups is 1. The SMILES string of the molecule is C=NC(=N[C@@H](C)c1cc2cc(Cl)ccc2[nH]c1=O)N/C(=C\C)NC(C)=O. The third-order valence-corrected chi connectivity index (χ3v) is 3.83. The van der Waals surface area contributed by atoms with Crippen LogP contribution in [0, 0.1) is 0 Å². The number of aromatic nitrogens is 1. The minimum Gasteiger partial charge on any atom is -0.322 e. The molecule has 0 radical (unpaired) electrons. The van der Waals surface area contributed by atoms with Crippen LogP contribution in [0.2, 0.25) is 5.02 Å². The number of hydrogen-bond donors (Lipinski definition) is 3. The fourth-order valence-corrected chi connectivity index (χ4v) is 2.54. The molecule has 8 heteroatoms. The summed E-state index contributed by atoms with van der Waals surface area (Å²) in [5.74, 6) is 0.380. The average Bonchev–Trinajstić information content (AvgIpc) is 2.59. The van der Waals surface area contributed by atoms with E-state index in [2.05, 4.69) is 32.3 Å². The summed E-state index contributed by atoms with van der Waals surface area (Å²) in [5, 5.41) is 6.86. The Kier molecular flexibility index (Phi) is 6.30. The number of rotatable bonds is 4. The fourth-order valence-electron chi connectivity index (χ4n) is 2.36. The third-order valence-electron chi connectivity index (χ3n) is 3.60. The summed E-state index contributed by atoms with van der Waals surface area (Å²) in [4.78, 5) is 34.6. The van der Waals surface area contributed by atoms with Crippen LogP contribution in [0.25, 0.3) is 10.9 Å². The summed E-state index contributed by atoms with van der Waals surface area (Å²) in [6, 6.07) is 6.49. The van der Waals surface area contributed by atoms with Crippen molar-refractivity contribution in [1.29, 1.82) is 0 Å². The van der Waals surface area contributed by atoms with Gasteiger partial charge in [-0.15, -0.1) is 0 Å². The van der Waals surface area contributed by atoms with Crippen LogP contribution < -0.4 is 16.2 Å². The van der Waals surface area contributed by atoms with Gasteiger partial charge in [0.15, 0.2) is 0 Å². The second-order valence-electron chi connectivity index (χ2n) is 5.58. The normalized spacial score (nSPS) is 13.4. The maximum Gasteiger partial charge on any atom is 0.253 e. The second-order valence-corrected chi connectivity index (χ2v) is 6.02. The first kappa shape index (κ1) is 19.4. The molecule has 1 aromatic carbocycles. The molecular formula is C18H20ClN5O2. The lowest BCUT2D eigenvalue weighted by Gasteiger charge is -2.13. The smallest absolute Gasteiger partial charge is 0.253 e. The standard InChI is InChI=1S/C18H20ClN5O2/c1-5-16(22-11(3)25)24-18(20-4)21-10(2)14-9-12-8-13(19)6-7-15(12)23-17(14)26/h5-10H,4H2,1-3H3,(H,21,24)(H,22,25)(H,23,26)/b16-5-/t10-/m0/s1. The van der Waals surface area contributed by atoms with Crippen molar-refractivity contribution in [2.45, 2.75) is 26.8 Å². The predicted octanol–water partition coefficient (Wildman–Crippen LogP) is 2.89. The Labute approximate surface area is 155 Å². The summed E-state index contributed by atoms with van der Waals surface area (Å²) in [6.45, 7) is 8.38. The number of pyridine rings is 1. The summed E-state index contributed by atoms with van der Waals surface area (Å²) < 4.78 is 0. The lowest BCUT2D eigenvalue weighted by Crippen LogP contribution is -2.33. The maximum atomic E-state index is 12.4. The van der Waals surface area contributed by atoms with Crippen molar-refractivity contribution in [3.8, 4) is 0 Å². The Balaban J connectivity index is 2.35. The highest BCUT2D eigenvalue weighted by Gasteiger charge is 2.12. The van der Waals surface area contributed by atoms with Gasteiger partial charge in [-0.05, 0) is 50.9 Å². The largest absolute Gasteiger partial charge is 0.322 e. The van der Waals surface area contributed by atoms with Crippen molar-refractivity contribution in [2.75, 3.05) is 0 Å². The Morgan fingerprint density at radius 3 is 2.69 bits per heavy atom. The molecule has 0 aliphatic carbocycles. The van der Waals surface area contributed by atoms with Crippen LogP contribution in [0.15, 0.2) is 50.9 Å². The molecule has 1 amide bonds. The molecule has 0 bridgehead atoms. The number of carbonyl (C=O) groups excluding carboxylic acids is 1. The number of allylic oxidation sites excluding steroid dienone is 1. The molecule has 0 aliphatic heterocycles. The van der Waals surface area contributed by atoms with Gasteiger partial charge < -0.3 is 15.6 Å². The molecule has 0 saturated carbocycles. The quantitative estimate of drug-likeness (QED) is 0.567. The van der Waals surface area contributed by atoms with Crippen LogP contribution in [0.3, 0.4) is 0 Å². The van der Waals surface area contributed by atoms with E-state index in [1.807, 2.05) is 0 Å². The molecule has 2 aromatic rings. The summed E-state index contributed by atoms with van der Waals surface area (Å²) in [7, 11) is 0. The predicted molar refractivity (Wildman–Crippen MR) is 106 cm³/mol. The zero-order valence-electron chi connectivity index (χ0n) is 14.8. The van der Waals surface area contributed by atoms with Crippen molar-refractivity contribution in [3.63, 3.8) is 0 Å². The molecule has 0 saturated heterocycles. The molecule has 7 nitrogen and oxygen atoms in total. The number of H-pyrrole nitrogens is 1. The number of nitrogens with one attached hydrogen (secondary N) is 3. The van der Waals surface area contributed by atoms with Gasteiger partial charge in [-0.1, -0.05) is 11.6 Å². The molecule has 2 rings (SSSR count). The van der Waals surface area contributed by atoms with Crippen molar-refractivity contribution < 1.29 is 4.79 Å². The molecule has 1 aromatic heterocycles. The summed E-state index contributed by atoms with van der Waals surface area (Å²) in [5.41, 5.74) is 0.915. The fraction of sp³-hybridized carbons (Fsp3) is 0.222. The molecule has 1 heterocycles. The second kappa shape index (κ2) is 8.44. The zero-order chi connectivity index (χ0) is 19.3. The number of fused-ring (bicyclic) bond motifs is 1. The Morgan fingerprint density at radius 1 is 1.35 bits per heavy atom. The molecule has 0 aliphatic rings. The number of hydrogen-bond acceptors (Lipinski definition) is 3. The topological polar surface area (TPSA) is 98.7 Å². The van der Waals surface area contributed by atoms with Crippen LogP contribution in [0.4, 0.5) is 0 Å². The highest BCUT2D eigenvalue weighted by atomic mass is 35.5. The lowest BCUT2D eigenvalue weighted by molar-refractivity contribution is -0.118. The van der Waals surface area contributed by atoms with Gasteiger partial charge in [0.25, 0.3) is 5.56 Å². The zero-order valence-corrected chi connectivity index (χ0v) is 15.5. The van der Waals surface area contributed by atoms with Gasteiger partial charge in [-0.3, -0.25) is 9.59 Å².